The number of benzene rings is 1. The minimum Gasteiger partial charge on any atom is -0.366 e. The van der Waals surface area contributed by atoms with Crippen molar-refractivity contribution in [3.05, 3.63) is 53.2 Å². The van der Waals surface area contributed by atoms with Crippen LogP contribution >= 0.6 is 11.6 Å². The van der Waals surface area contributed by atoms with Gasteiger partial charge in [0, 0.05) is 23.7 Å². The first-order valence-corrected chi connectivity index (χ1v) is 9.87. The molecule has 1 saturated carbocycles. The van der Waals surface area contributed by atoms with Crippen LogP contribution in [0.1, 0.15) is 41.6 Å². The van der Waals surface area contributed by atoms with Crippen molar-refractivity contribution in [2.75, 3.05) is 10.6 Å². The predicted octanol–water partition coefficient (Wildman–Crippen LogP) is 4.01. The van der Waals surface area contributed by atoms with Crippen molar-refractivity contribution in [2.45, 2.75) is 38.6 Å². The summed E-state index contributed by atoms with van der Waals surface area (Å²) in [4.78, 5) is 31.9. The zero-order chi connectivity index (χ0) is 21.0. The molecule has 1 fully saturated rings. The van der Waals surface area contributed by atoms with Gasteiger partial charge in [0.25, 0.3) is 0 Å². The molecule has 3 rings (SSSR count). The Hall–Kier alpha value is -2.93. The summed E-state index contributed by atoms with van der Waals surface area (Å²) in [5, 5.41) is 6.89. The molecule has 7 nitrogen and oxygen atoms in total. The first-order chi connectivity index (χ1) is 13.9. The summed E-state index contributed by atoms with van der Waals surface area (Å²) in [5.74, 6) is 0.616. The molecule has 2 aromatic rings. The Labute approximate surface area is 174 Å². The number of nitrogens with zero attached hydrogens (tertiary/aromatic N) is 2. The number of hydrogen-bond acceptors (Lipinski definition) is 6. The fourth-order valence-corrected chi connectivity index (χ4v) is 3.69. The fraction of sp³-hybridized carbons (Fsp3) is 0.333. The molecule has 4 N–H and O–H groups in total. The van der Waals surface area contributed by atoms with Crippen LogP contribution in [0.3, 0.4) is 0 Å². The number of rotatable bonds is 8. The number of amides is 1. The highest BCUT2D eigenvalue weighted by Gasteiger charge is 2.29. The molecule has 8 heteroatoms. The number of ketones is 1. The first-order valence-electron chi connectivity index (χ1n) is 9.49. The molecule has 29 heavy (non-hydrogen) atoms. The van der Waals surface area contributed by atoms with Gasteiger partial charge in [0.2, 0.25) is 11.9 Å². The number of carbonyl (C=O) groups excluding carboxylic acids is 2. The second-order valence-electron chi connectivity index (χ2n) is 7.23. The zero-order valence-electron chi connectivity index (χ0n) is 16.2. The lowest BCUT2D eigenvalue weighted by Crippen LogP contribution is -2.26. The van der Waals surface area contributed by atoms with E-state index >= 15 is 0 Å². The maximum atomic E-state index is 11.8. The second kappa shape index (κ2) is 9.05. The maximum absolute atomic E-state index is 11.8. The number of nitrogens with two attached hydrogens (primary N) is 1. The van der Waals surface area contributed by atoms with E-state index in [9.17, 15) is 9.59 Å². The van der Waals surface area contributed by atoms with E-state index in [2.05, 4.69) is 27.2 Å². The van der Waals surface area contributed by atoms with Crippen LogP contribution in [0.25, 0.3) is 0 Å². The molecule has 1 amide bonds. The van der Waals surface area contributed by atoms with Gasteiger partial charge >= 0.3 is 0 Å². The van der Waals surface area contributed by atoms with Crippen molar-refractivity contribution in [1.29, 1.82) is 0 Å². The summed E-state index contributed by atoms with van der Waals surface area (Å²) in [6.07, 6.45) is 6.32. The molecule has 1 aliphatic rings. The largest absolute Gasteiger partial charge is 0.366 e. The quantitative estimate of drug-likeness (QED) is 0.564. The average Bonchev–Trinajstić information content (AvgIpc) is 3.12. The van der Waals surface area contributed by atoms with Crippen LogP contribution < -0.4 is 16.4 Å². The van der Waals surface area contributed by atoms with Crippen molar-refractivity contribution >= 4 is 40.7 Å². The Balaban J connectivity index is 1.78. The Bertz CT molecular complexity index is 947. The standard InChI is InChI=1S/C21H24ClN5O2/c1-3-15(28)9-13-5-4-6-17(13)25-20-16(22)11-24-21(27-20)26-18-10-14(19(23)29)8-7-12(18)2/h3,7-8,10-11,13,17H,1,4-6,9H2,2H3,(H2,23,29)(H2,24,25,26,27)/t13-,17+/m1/s1. The van der Waals surface area contributed by atoms with Crippen LogP contribution in [0.15, 0.2) is 37.1 Å². The number of aryl methyl sites for hydroxylation is 1. The number of aromatic nitrogens is 2. The Morgan fingerprint density at radius 2 is 2.17 bits per heavy atom. The Morgan fingerprint density at radius 1 is 1.38 bits per heavy atom. The van der Waals surface area contributed by atoms with Gasteiger partial charge in [-0.25, -0.2) is 4.98 Å². The van der Waals surface area contributed by atoms with Crippen molar-refractivity contribution in [3.8, 4) is 0 Å². The summed E-state index contributed by atoms with van der Waals surface area (Å²) < 4.78 is 0. The summed E-state index contributed by atoms with van der Waals surface area (Å²) >= 11 is 6.30. The lowest BCUT2D eigenvalue weighted by atomic mass is 9.97. The molecule has 0 bridgehead atoms. The van der Waals surface area contributed by atoms with Crippen LogP contribution in [0.4, 0.5) is 17.5 Å². The molecule has 0 saturated heterocycles. The van der Waals surface area contributed by atoms with Crippen molar-refractivity contribution in [3.63, 3.8) is 0 Å². The number of halogens is 1. The normalized spacial score (nSPS) is 18.3. The van der Waals surface area contributed by atoms with Crippen LogP contribution in [0.2, 0.25) is 5.02 Å². The number of carbonyl (C=O) groups is 2. The molecule has 0 aliphatic heterocycles. The molecule has 1 aromatic heterocycles. The van der Waals surface area contributed by atoms with Gasteiger partial charge in [0.05, 0.1) is 6.20 Å². The summed E-state index contributed by atoms with van der Waals surface area (Å²) in [7, 11) is 0. The van der Waals surface area contributed by atoms with Gasteiger partial charge in [-0.05, 0) is 49.5 Å². The lowest BCUT2D eigenvalue weighted by molar-refractivity contribution is -0.115. The molecule has 152 valence electrons. The van der Waals surface area contributed by atoms with Crippen LogP contribution in [0.5, 0.6) is 0 Å². The third kappa shape index (κ3) is 5.12. The molecule has 0 radical (unpaired) electrons. The molecule has 1 aliphatic carbocycles. The molecule has 0 unspecified atom stereocenters. The second-order valence-corrected chi connectivity index (χ2v) is 7.63. The minimum absolute atomic E-state index is 0.0460. The summed E-state index contributed by atoms with van der Waals surface area (Å²) in [6, 6.07) is 5.25. The van der Waals surface area contributed by atoms with Crippen LogP contribution in [-0.4, -0.2) is 27.7 Å². The average molecular weight is 414 g/mol. The Morgan fingerprint density at radius 3 is 2.90 bits per heavy atom. The van der Waals surface area contributed by atoms with E-state index in [-0.39, 0.29) is 17.7 Å². The first kappa shape index (κ1) is 20.8. The van der Waals surface area contributed by atoms with Crippen LogP contribution in [0, 0.1) is 12.8 Å². The minimum atomic E-state index is -0.506. The molecule has 2 atom stereocenters. The van der Waals surface area contributed by atoms with Gasteiger partial charge in [0.1, 0.15) is 5.02 Å². The smallest absolute Gasteiger partial charge is 0.248 e. The third-order valence-electron chi connectivity index (χ3n) is 5.18. The fourth-order valence-electron chi connectivity index (χ4n) is 3.55. The van der Waals surface area contributed by atoms with Gasteiger partial charge in [-0.3, -0.25) is 9.59 Å². The van der Waals surface area contributed by atoms with E-state index in [1.165, 1.54) is 12.3 Å². The van der Waals surface area contributed by atoms with Crippen molar-refractivity contribution in [2.24, 2.45) is 11.7 Å². The molecule has 1 aromatic carbocycles. The topological polar surface area (TPSA) is 110 Å². The summed E-state index contributed by atoms with van der Waals surface area (Å²) in [5.41, 5.74) is 7.36. The highest BCUT2D eigenvalue weighted by Crippen LogP contribution is 2.33. The van der Waals surface area contributed by atoms with Gasteiger partial charge in [-0.1, -0.05) is 30.7 Å². The number of anilines is 3. The van der Waals surface area contributed by atoms with Gasteiger partial charge in [-0.2, -0.15) is 4.98 Å². The van der Waals surface area contributed by atoms with E-state index in [0.29, 0.717) is 34.5 Å². The molecular weight excluding hydrogens is 390 g/mol. The van der Waals surface area contributed by atoms with Gasteiger partial charge in [-0.15, -0.1) is 0 Å². The monoisotopic (exact) mass is 413 g/mol. The Kier molecular flexibility index (Phi) is 6.49. The van der Waals surface area contributed by atoms with E-state index in [4.69, 9.17) is 17.3 Å². The SMILES string of the molecule is C=CC(=O)C[C@H]1CCC[C@@H]1Nc1nc(Nc2cc(C(N)=O)ccc2C)ncc1Cl. The van der Waals surface area contributed by atoms with E-state index in [0.717, 1.165) is 24.8 Å². The molecule has 1 heterocycles. The van der Waals surface area contributed by atoms with Gasteiger partial charge < -0.3 is 16.4 Å². The highest BCUT2D eigenvalue weighted by molar-refractivity contribution is 6.32. The van der Waals surface area contributed by atoms with Crippen molar-refractivity contribution < 1.29 is 9.59 Å². The van der Waals surface area contributed by atoms with E-state index in [1.54, 1.807) is 18.2 Å². The maximum Gasteiger partial charge on any atom is 0.248 e. The molecule has 0 spiro atoms. The van der Waals surface area contributed by atoms with Crippen LogP contribution in [-0.2, 0) is 4.79 Å². The predicted molar refractivity (Wildman–Crippen MR) is 115 cm³/mol. The molecular formula is C21H24ClN5O2. The lowest BCUT2D eigenvalue weighted by Gasteiger charge is -2.21. The third-order valence-corrected chi connectivity index (χ3v) is 5.46. The number of nitrogens with one attached hydrogen (secondary N) is 2. The van der Waals surface area contributed by atoms with E-state index < -0.39 is 5.91 Å². The number of allylic oxidation sites excluding steroid dienone is 1. The highest BCUT2D eigenvalue weighted by atomic mass is 35.5. The van der Waals surface area contributed by atoms with Crippen molar-refractivity contribution in [1.82, 2.24) is 9.97 Å². The number of hydrogen-bond donors (Lipinski definition) is 3. The van der Waals surface area contributed by atoms with Gasteiger partial charge in [0.15, 0.2) is 11.6 Å². The summed E-state index contributed by atoms with van der Waals surface area (Å²) in [6.45, 7) is 5.46. The van der Waals surface area contributed by atoms with E-state index in [1.807, 2.05) is 6.92 Å². The zero-order valence-corrected chi connectivity index (χ0v) is 17.0. The number of primary amides is 1.